The van der Waals surface area contributed by atoms with Gasteiger partial charge in [0, 0.05) is 12.6 Å². The van der Waals surface area contributed by atoms with Gasteiger partial charge in [-0.15, -0.1) is 10.2 Å². The van der Waals surface area contributed by atoms with Crippen molar-refractivity contribution >= 4 is 39.8 Å². The van der Waals surface area contributed by atoms with Crippen molar-refractivity contribution in [1.29, 1.82) is 0 Å². The summed E-state index contributed by atoms with van der Waals surface area (Å²) >= 11 is 2.53. The first-order chi connectivity index (χ1) is 10.5. The van der Waals surface area contributed by atoms with Crippen LogP contribution in [0, 0.1) is 11.6 Å². The molecule has 2 aromatic rings. The molecule has 0 spiro atoms. The number of amides is 1. The molecule has 0 unspecified atom stereocenters. The van der Waals surface area contributed by atoms with E-state index in [0.29, 0.717) is 9.47 Å². The number of rotatable bonds is 6. The number of hydrogen-bond donors (Lipinski definition) is 2. The summed E-state index contributed by atoms with van der Waals surface area (Å²) in [5, 5.41) is 13.4. The van der Waals surface area contributed by atoms with Gasteiger partial charge in [0.05, 0.1) is 10.9 Å². The van der Waals surface area contributed by atoms with Gasteiger partial charge in [-0.05, 0) is 26.0 Å². The summed E-state index contributed by atoms with van der Waals surface area (Å²) in [5.41, 5.74) is -0.178. The van der Waals surface area contributed by atoms with Crippen LogP contribution in [-0.4, -0.2) is 27.9 Å². The lowest BCUT2D eigenvalue weighted by atomic mass is 10.3. The molecule has 0 saturated heterocycles. The SMILES string of the molecule is CCNc1nnc(S[C@@H](C)C(=O)Nc2cc(F)ccc2F)s1. The van der Waals surface area contributed by atoms with Crippen LogP contribution < -0.4 is 10.6 Å². The third-order valence-electron chi connectivity index (χ3n) is 2.57. The summed E-state index contributed by atoms with van der Waals surface area (Å²) in [6, 6.07) is 2.90. The van der Waals surface area contributed by atoms with E-state index in [1.807, 2.05) is 6.92 Å². The van der Waals surface area contributed by atoms with Crippen LogP contribution in [0.2, 0.25) is 0 Å². The molecule has 1 amide bonds. The van der Waals surface area contributed by atoms with Gasteiger partial charge < -0.3 is 10.6 Å². The standard InChI is InChI=1S/C13H14F2N4OS2/c1-3-16-12-18-19-13(22-12)21-7(2)11(20)17-10-6-8(14)4-5-9(10)15/h4-7H,3H2,1-2H3,(H,16,18)(H,17,20)/t7-/m0/s1. The molecule has 0 fully saturated rings. The lowest BCUT2D eigenvalue weighted by Crippen LogP contribution is -2.23. The number of anilines is 2. The van der Waals surface area contributed by atoms with Crippen molar-refractivity contribution in [2.75, 3.05) is 17.2 Å². The number of carbonyl (C=O) groups excluding carboxylic acids is 1. The molecular weight excluding hydrogens is 330 g/mol. The maximum absolute atomic E-state index is 13.5. The van der Waals surface area contributed by atoms with Crippen LogP contribution in [-0.2, 0) is 4.79 Å². The number of aromatic nitrogens is 2. The molecule has 22 heavy (non-hydrogen) atoms. The minimum atomic E-state index is -0.683. The van der Waals surface area contributed by atoms with Crippen molar-refractivity contribution in [3.63, 3.8) is 0 Å². The minimum Gasteiger partial charge on any atom is -0.360 e. The molecule has 1 heterocycles. The Morgan fingerprint density at radius 1 is 1.41 bits per heavy atom. The van der Waals surface area contributed by atoms with E-state index in [-0.39, 0.29) is 5.69 Å². The third kappa shape index (κ3) is 4.38. The molecular formula is C13H14F2N4OS2. The highest BCUT2D eigenvalue weighted by atomic mass is 32.2. The van der Waals surface area contributed by atoms with Gasteiger partial charge in [-0.2, -0.15) is 0 Å². The number of thioether (sulfide) groups is 1. The largest absolute Gasteiger partial charge is 0.360 e. The first-order valence-corrected chi connectivity index (χ1v) is 8.19. The molecule has 118 valence electrons. The van der Waals surface area contributed by atoms with Gasteiger partial charge in [0.15, 0.2) is 4.34 Å². The second kappa shape index (κ2) is 7.50. The molecule has 1 aromatic heterocycles. The lowest BCUT2D eigenvalue weighted by molar-refractivity contribution is -0.115. The zero-order valence-electron chi connectivity index (χ0n) is 11.9. The van der Waals surface area contributed by atoms with Crippen LogP contribution in [0.4, 0.5) is 19.6 Å². The Hall–Kier alpha value is -1.74. The van der Waals surface area contributed by atoms with Gasteiger partial charge >= 0.3 is 0 Å². The van der Waals surface area contributed by atoms with Gasteiger partial charge in [0.1, 0.15) is 11.6 Å². The molecule has 5 nitrogen and oxygen atoms in total. The van der Waals surface area contributed by atoms with Gasteiger partial charge in [-0.1, -0.05) is 23.1 Å². The molecule has 2 rings (SSSR count). The van der Waals surface area contributed by atoms with Crippen molar-refractivity contribution in [3.8, 4) is 0 Å². The van der Waals surface area contributed by atoms with Gasteiger partial charge in [-0.3, -0.25) is 4.79 Å². The van der Waals surface area contributed by atoms with Crippen molar-refractivity contribution in [2.45, 2.75) is 23.4 Å². The average molecular weight is 344 g/mol. The van der Waals surface area contributed by atoms with Crippen molar-refractivity contribution in [3.05, 3.63) is 29.8 Å². The number of nitrogens with one attached hydrogen (secondary N) is 2. The Labute approximate surface area is 134 Å². The second-order valence-electron chi connectivity index (χ2n) is 4.28. The predicted octanol–water partition coefficient (Wildman–Crippen LogP) is 3.37. The first-order valence-electron chi connectivity index (χ1n) is 6.49. The molecule has 1 aromatic carbocycles. The van der Waals surface area contributed by atoms with E-state index in [4.69, 9.17) is 0 Å². The Balaban J connectivity index is 1.98. The Bertz CT molecular complexity index is 665. The molecule has 0 radical (unpaired) electrons. The maximum Gasteiger partial charge on any atom is 0.237 e. The van der Waals surface area contributed by atoms with Crippen molar-refractivity contribution in [2.24, 2.45) is 0 Å². The van der Waals surface area contributed by atoms with E-state index >= 15 is 0 Å². The Kier molecular flexibility index (Phi) is 5.67. The molecule has 9 heteroatoms. The highest BCUT2D eigenvalue weighted by Gasteiger charge is 2.18. The number of halogens is 2. The third-order valence-corrected chi connectivity index (χ3v) is 4.63. The van der Waals surface area contributed by atoms with Crippen LogP contribution in [0.5, 0.6) is 0 Å². The first kappa shape index (κ1) is 16.6. The molecule has 2 N–H and O–H groups in total. The second-order valence-corrected chi connectivity index (χ2v) is 6.84. The highest BCUT2D eigenvalue weighted by molar-refractivity contribution is 8.02. The normalized spacial score (nSPS) is 12.0. The molecule has 0 aliphatic carbocycles. The fourth-order valence-corrected chi connectivity index (χ4v) is 3.48. The van der Waals surface area contributed by atoms with Crippen LogP contribution in [0.1, 0.15) is 13.8 Å². The van der Waals surface area contributed by atoms with E-state index in [2.05, 4.69) is 20.8 Å². The predicted molar refractivity (Wildman–Crippen MR) is 84.4 cm³/mol. The Morgan fingerprint density at radius 2 is 2.18 bits per heavy atom. The van der Waals surface area contributed by atoms with Crippen LogP contribution in [0.25, 0.3) is 0 Å². The zero-order chi connectivity index (χ0) is 16.1. The fraction of sp³-hybridized carbons (Fsp3) is 0.308. The molecule has 0 saturated carbocycles. The van der Waals surface area contributed by atoms with Crippen LogP contribution in [0.3, 0.4) is 0 Å². The fourth-order valence-electron chi connectivity index (χ4n) is 1.51. The van der Waals surface area contributed by atoms with E-state index in [1.165, 1.54) is 23.1 Å². The molecule has 0 aliphatic rings. The molecule has 0 aliphatic heterocycles. The van der Waals surface area contributed by atoms with Gasteiger partial charge in [0.25, 0.3) is 0 Å². The summed E-state index contributed by atoms with van der Waals surface area (Å²) in [5.74, 6) is -1.73. The monoisotopic (exact) mass is 344 g/mol. The maximum atomic E-state index is 13.5. The number of hydrogen-bond acceptors (Lipinski definition) is 6. The van der Waals surface area contributed by atoms with Crippen LogP contribution >= 0.6 is 23.1 Å². The number of carbonyl (C=O) groups is 1. The number of nitrogens with zero attached hydrogens (tertiary/aromatic N) is 2. The summed E-state index contributed by atoms with van der Waals surface area (Å²) in [6.45, 7) is 4.33. The zero-order valence-corrected chi connectivity index (χ0v) is 13.5. The summed E-state index contributed by atoms with van der Waals surface area (Å²) in [7, 11) is 0. The lowest BCUT2D eigenvalue weighted by Gasteiger charge is -2.10. The van der Waals surface area contributed by atoms with E-state index < -0.39 is 22.8 Å². The van der Waals surface area contributed by atoms with Crippen molar-refractivity contribution in [1.82, 2.24) is 10.2 Å². The number of benzene rings is 1. The van der Waals surface area contributed by atoms with Crippen LogP contribution in [0.15, 0.2) is 22.5 Å². The van der Waals surface area contributed by atoms with E-state index in [9.17, 15) is 13.6 Å². The van der Waals surface area contributed by atoms with Gasteiger partial charge in [0.2, 0.25) is 11.0 Å². The molecule has 0 bridgehead atoms. The smallest absolute Gasteiger partial charge is 0.237 e. The minimum absolute atomic E-state index is 0.178. The highest BCUT2D eigenvalue weighted by Crippen LogP contribution is 2.29. The quantitative estimate of drug-likeness (QED) is 0.787. The summed E-state index contributed by atoms with van der Waals surface area (Å²) in [6.07, 6.45) is 0. The Morgan fingerprint density at radius 3 is 2.91 bits per heavy atom. The van der Waals surface area contributed by atoms with Crippen molar-refractivity contribution < 1.29 is 13.6 Å². The summed E-state index contributed by atoms with van der Waals surface area (Å²) in [4.78, 5) is 12.0. The van der Waals surface area contributed by atoms with Gasteiger partial charge in [-0.25, -0.2) is 8.78 Å². The topological polar surface area (TPSA) is 66.9 Å². The van der Waals surface area contributed by atoms with E-state index in [1.54, 1.807) is 6.92 Å². The van der Waals surface area contributed by atoms with E-state index in [0.717, 1.165) is 24.7 Å². The average Bonchev–Trinajstić information content (AvgIpc) is 2.90. The summed E-state index contributed by atoms with van der Waals surface area (Å²) < 4.78 is 27.2. The molecule has 1 atom stereocenters.